The SMILES string of the molecule is CC/N=C1\C(=C(/C)Nc2ccc(OC(F)(F)F)cc2)C=C(C(=O)N2CCC3(CC2)C(=O)NCN3c2ccccc2)N1C. The van der Waals surface area contributed by atoms with E-state index in [0.29, 0.717) is 67.6 Å². The number of aliphatic imine (C=N–C) groups is 1. The van der Waals surface area contributed by atoms with Crippen LogP contribution >= 0.6 is 0 Å². The van der Waals surface area contributed by atoms with Crippen molar-refractivity contribution in [3.8, 4) is 5.75 Å². The minimum atomic E-state index is -4.76. The fourth-order valence-electron chi connectivity index (χ4n) is 5.71. The van der Waals surface area contributed by atoms with Crippen LogP contribution in [0.4, 0.5) is 24.5 Å². The van der Waals surface area contributed by atoms with Gasteiger partial charge in [-0.1, -0.05) is 18.2 Å². The normalized spacial score (nSPS) is 20.6. The predicted molar refractivity (Wildman–Crippen MR) is 154 cm³/mol. The van der Waals surface area contributed by atoms with Gasteiger partial charge in [-0.3, -0.25) is 14.6 Å². The zero-order valence-electron chi connectivity index (χ0n) is 23.7. The van der Waals surface area contributed by atoms with Gasteiger partial charge in [0.1, 0.15) is 22.8 Å². The summed E-state index contributed by atoms with van der Waals surface area (Å²) >= 11 is 0. The van der Waals surface area contributed by atoms with E-state index in [9.17, 15) is 22.8 Å². The number of hydrogen-bond donors (Lipinski definition) is 2. The molecule has 2 aromatic carbocycles. The molecule has 2 saturated heterocycles. The maximum atomic E-state index is 13.8. The topological polar surface area (TPSA) is 89.5 Å². The van der Waals surface area contributed by atoms with Crippen molar-refractivity contribution in [2.45, 2.75) is 38.6 Å². The molecule has 3 aliphatic rings. The van der Waals surface area contributed by atoms with Gasteiger partial charge in [-0.2, -0.15) is 0 Å². The third-order valence-corrected chi connectivity index (χ3v) is 7.83. The summed E-state index contributed by atoms with van der Waals surface area (Å²) in [6.07, 6.45) is -1.98. The molecule has 9 nitrogen and oxygen atoms in total. The Kier molecular flexibility index (Phi) is 7.89. The molecule has 1 spiro atoms. The lowest BCUT2D eigenvalue weighted by atomic mass is 9.85. The molecule has 0 unspecified atom stereocenters. The standard InChI is InChI=1S/C30H33F3N6O3/c1-4-34-26-24(20(2)36-21-10-12-23(13-11-21)42-30(31,32)33)18-25(37(26)3)27(40)38-16-14-29(15-17-38)28(41)35-19-39(29)22-8-6-5-7-9-22/h5-13,18,36H,4,14-17,19H2,1-3H3,(H,35,41)/b24-20+,34-26+. The molecule has 42 heavy (non-hydrogen) atoms. The van der Waals surface area contributed by atoms with Crippen molar-refractivity contribution in [1.82, 2.24) is 15.1 Å². The van der Waals surface area contributed by atoms with Gasteiger partial charge in [-0.25, -0.2) is 0 Å². The van der Waals surface area contributed by atoms with Gasteiger partial charge in [0.15, 0.2) is 0 Å². The number of nitrogens with one attached hydrogen (secondary N) is 2. The van der Waals surface area contributed by atoms with Crippen LogP contribution in [0.2, 0.25) is 0 Å². The fourth-order valence-corrected chi connectivity index (χ4v) is 5.71. The zero-order valence-corrected chi connectivity index (χ0v) is 23.7. The Hall–Kier alpha value is -4.48. The van der Waals surface area contributed by atoms with Gasteiger partial charge in [0.05, 0.1) is 6.67 Å². The third kappa shape index (κ3) is 5.65. The maximum absolute atomic E-state index is 13.8. The van der Waals surface area contributed by atoms with Crippen molar-refractivity contribution in [2.75, 3.05) is 43.6 Å². The Bertz CT molecular complexity index is 1430. The number of carbonyl (C=O) groups excluding carboxylic acids is 2. The van der Waals surface area contributed by atoms with Crippen LogP contribution in [0, 0.1) is 0 Å². The molecule has 2 fully saturated rings. The first-order valence-corrected chi connectivity index (χ1v) is 13.8. The maximum Gasteiger partial charge on any atom is 0.573 e. The van der Waals surface area contributed by atoms with Crippen LogP contribution in [0.15, 0.2) is 82.6 Å². The van der Waals surface area contributed by atoms with Crippen LogP contribution in [0.1, 0.15) is 26.7 Å². The number of piperidine rings is 1. The number of para-hydroxylation sites is 1. The van der Waals surface area contributed by atoms with Gasteiger partial charge in [-0.05, 0) is 69.2 Å². The minimum absolute atomic E-state index is 0.0158. The highest BCUT2D eigenvalue weighted by atomic mass is 19.4. The largest absolute Gasteiger partial charge is 0.573 e. The Morgan fingerprint density at radius 3 is 2.38 bits per heavy atom. The molecule has 0 bridgehead atoms. The lowest BCUT2D eigenvalue weighted by Gasteiger charge is -2.43. The summed E-state index contributed by atoms with van der Waals surface area (Å²) in [5.41, 5.74) is 2.67. The Balaban J connectivity index is 1.33. The highest BCUT2D eigenvalue weighted by Gasteiger charge is 2.51. The molecule has 3 heterocycles. The molecule has 222 valence electrons. The van der Waals surface area contributed by atoms with E-state index in [1.54, 1.807) is 22.9 Å². The summed E-state index contributed by atoms with van der Waals surface area (Å²) in [6.45, 7) is 5.48. The van der Waals surface area contributed by atoms with Gasteiger partial charge in [-0.15, -0.1) is 13.2 Å². The first-order valence-electron chi connectivity index (χ1n) is 13.8. The molecule has 5 rings (SSSR count). The van der Waals surface area contributed by atoms with Crippen LogP contribution in [-0.2, 0) is 9.59 Å². The highest BCUT2D eigenvalue weighted by Crippen LogP contribution is 2.37. The summed E-state index contributed by atoms with van der Waals surface area (Å²) in [5.74, 6) is 0.127. The average Bonchev–Trinajstić information content (AvgIpc) is 3.46. The first kappa shape index (κ1) is 29.0. The second-order valence-electron chi connectivity index (χ2n) is 10.4. The van der Waals surface area contributed by atoms with Crippen LogP contribution in [0.3, 0.4) is 0 Å². The average molecular weight is 583 g/mol. The molecule has 0 atom stereocenters. The summed E-state index contributed by atoms with van der Waals surface area (Å²) in [5, 5.41) is 6.18. The molecular formula is C30H33F3N6O3. The predicted octanol–water partition coefficient (Wildman–Crippen LogP) is 4.47. The number of likely N-dealkylation sites (tertiary alicyclic amines) is 1. The number of allylic oxidation sites excluding steroid dienone is 1. The van der Waals surface area contributed by atoms with Gasteiger partial charge in [0.2, 0.25) is 5.91 Å². The van der Waals surface area contributed by atoms with E-state index in [2.05, 4.69) is 25.3 Å². The fraction of sp³-hybridized carbons (Fsp3) is 0.367. The monoisotopic (exact) mass is 582 g/mol. The van der Waals surface area contributed by atoms with Crippen LogP contribution in [0.25, 0.3) is 0 Å². The second kappa shape index (κ2) is 11.4. The molecule has 0 radical (unpaired) electrons. The van der Waals surface area contributed by atoms with E-state index in [1.807, 2.05) is 44.2 Å². The Labute approximate surface area is 242 Å². The summed E-state index contributed by atoms with van der Waals surface area (Å²) in [7, 11) is 1.79. The van der Waals surface area contributed by atoms with Crippen molar-refractivity contribution in [3.05, 3.63) is 77.6 Å². The lowest BCUT2D eigenvalue weighted by molar-refractivity contribution is -0.274. The molecule has 12 heteroatoms. The summed E-state index contributed by atoms with van der Waals surface area (Å²) in [6, 6.07) is 15.2. The number of benzene rings is 2. The van der Waals surface area contributed by atoms with E-state index < -0.39 is 11.9 Å². The molecular weight excluding hydrogens is 549 g/mol. The molecule has 2 amide bonds. The van der Waals surface area contributed by atoms with E-state index >= 15 is 0 Å². The summed E-state index contributed by atoms with van der Waals surface area (Å²) in [4.78, 5) is 37.0. The number of ether oxygens (including phenoxy) is 1. The Morgan fingerprint density at radius 2 is 1.76 bits per heavy atom. The van der Waals surface area contributed by atoms with Crippen molar-refractivity contribution < 1.29 is 27.5 Å². The van der Waals surface area contributed by atoms with Crippen LogP contribution in [-0.4, -0.2) is 72.7 Å². The number of alkyl halides is 3. The molecule has 0 aromatic heterocycles. The third-order valence-electron chi connectivity index (χ3n) is 7.83. The second-order valence-corrected chi connectivity index (χ2v) is 10.4. The molecule has 2 aromatic rings. The van der Waals surface area contributed by atoms with Gasteiger partial charge >= 0.3 is 6.36 Å². The van der Waals surface area contributed by atoms with E-state index in [1.165, 1.54) is 24.3 Å². The molecule has 0 saturated carbocycles. The number of anilines is 2. The van der Waals surface area contributed by atoms with Crippen molar-refractivity contribution in [1.29, 1.82) is 0 Å². The van der Waals surface area contributed by atoms with E-state index in [0.717, 1.165) is 5.69 Å². The van der Waals surface area contributed by atoms with E-state index in [-0.39, 0.29) is 17.6 Å². The van der Waals surface area contributed by atoms with Gasteiger partial charge < -0.3 is 30.1 Å². The number of carbonyl (C=O) groups is 2. The number of likely N-dealkylation sites (N-methyl/N-ethyl adjacent to an activating group) is 1. The van der Waals surface area contributed by atoms with Crippen molar-refractivity contribution in [2.24, 2.45) is 4.99 Å². The lowest BCUT2D eigenvalue weighted by Crippen LogP contribution is -2.57. The van der Waals surface area contributed by atoms with Crippen molar-refractivity contribution in [3.63, 3.8) is 0 Å². The number of amidine groups is 1. The molecule has 2 N–H and O–H groups in total. The number of rotatable bonds is 6. The number of nitrogens with zero attached hydrogens (tertiary/aromatic N) is 4. The van der Waals surface area contributed by atoms with Crippen LogP contribution < -0.4 is 20.3 Å². The van der Waals surface area contributed by atoms with Gasteiger partial charge in [0.25, 0.3) is 5.91 Å². The van der Waals surface area contributed by atoms with Gasteiger partial charge in [0, 0.05) is 49.3 Å². The van der Waals surface area contributed by atoms with Crippen molar-refractivity contribution >= 4 is 29.0 Å². The zero-order chi connectivity index (χ0) is 30.1. The Morgan fingerprint density at radius 1 is 1.10 bits per heavy atom. The molecule has 3 aliphatic heterocycles. The van der Waals surface area contributed by atoms with E-state index in [4.69, 9.17) is 0 Å². The number of hydrogen-bond acceptors (Lipinski definition) is 6. The smallest absolute Gasteiger partial charge is 0.406 e. The van der Waals surface area contributed by atoms with Crippen LogP contribution in [0.5, 0.6) is 5.75 Å². The highest BCUT2D eigenvalue weighted by molar-refractivity contribution is 6.12. The molecule has 0 aliphatic carbocycles. The first-order chi connectivity index (χ1) is 20.0. The number of halogens is 3. The summed E-state index contributed by atoms with van der Waals surface area (Å²) < 4.78 is 41.5. The number of amides is 2. The minimum Gasteiger partial charge on any atom is -0.406 e. The quantitative estimate of drug-likeness (QED) is 0.523.